The van der Waals surface area contributed by atoms with Crippen LogP contribution in [0.4, 0.5) is 5.69 Å². The molecule has 1 aliphatic rings. The summed E-state index contributed by atoms with van der Waals surface area (Å²) in [6.07, 6.45) is 1.45. The summed E-state index contributed by atoms with van der Waals surface area (Å²) in [4.78, 5) is 24.8. The summed E-state index contributed by atoms with van der Waals surface area (Å²) in [5, 5.41) is 6.16. The molecule has 1 heterocycles. The lowest BCUT2D eigenvalue weighted by Gasteiger charge is -2.33. The molecule has 172 valence electrons. The van der Waals surface area contributed by atoms with E-state index in [4.69, 9.17) is 15.2 Å². The number of hydrogen-bond acceptors (Lipinski definition) is 6. The van der Waals surface area contributed by atoms with Gasteiger partial charge in [-0.15, -0.1) is 0 Å². The van der Waals surface area contributed by atoms with E-state index in [2.05, 4.69) is 10.6 Å². The Labute approximate surface area is 190 Å². The van der Waals surface area contributed by atoms with Gasteiger partial charge in [0.2, 0.25) is 5.91 Å². The van der Waals surface area contributed by atoms with E-state index in [-0.39, 0.29) is 5.91 Å². The van der Waals surface area contributed by atoms with Crippen LogP contribution in [0.15, 0.2) is 53.4 Å². The fraction of sp³-hybridized carbons (Fsp3) is 0.391. The highest BCUT2D eigenvalue weighted by Crippen LogP contribution is 2.32. The Hall–Kier alpha value is -2.91. The molecule has 1 aliphatic heterocycles. The van der Waals surface area contributed by atoms with E-state index >= 15 is 0 Å². The summed E-state index contributed by atoms with van der Waals surface area (Å²) < 4.78 is 22.4. The number of primary amides is 1. The highest BCUT2D eigenvalue weighted by molar-refractivity contribution is 7.87. The molecule has 0 spiro atoms. The highest BCUT2D eigenvalue weighted by Gasteiger charge is 2.45. The fourth-order valence-corrected chi connectivity index (χ4v) is 5.07. The average Bonchev–Trinajstić information content (AvgIpc) is 2.84. The molecular formula is C23H29N3O5S. The number of anilines is 1. The second-order valence-electron chi connectivity index (χ2n) is 7.53. The monoisotopic (exact) mass is 459 g/mol. The van der Waals surface area contributed by atoms with Gasteiger partial charge in [0, 0.05) is 42.4 Å². The first-order chi connectivity index (χ1) is 15.5. The van der Waals surface area contributed by atoms with E-state index in [0.717, 1.165) is 12.1 Å². The Kier molecular flexibility index (Phi) is 8.24. The molecule has 3 rings (SSSR count). The van der Waals surface area contributed by atoms with Crippen LogP contribution in [0, 0.1) is 0 Å². The van der Waals surface area contributed by atoms with Crippen molar-refractivity contribution in [2.45, 2.75) is 28.9 Å². The van der Waals surface area contributed by atoms with Gasteiger partial charge in [-0.3, -0.25) is 13.8 Å². The molecule has 2 aromatic carbocycles. The fourth-order valence-electron chi connectivity index (χ4n) is 3.51. The Morgan fingerprint density at radius 1 is 1.06 bits per heavy atom. The summed E-state index contributed by atoms with van der Waals surface area (Å²) in [6, 6.07) is 14.1. The van der Waals surface area contributed by atoms with Crippen molar-refractivity contribution in [2.75, 3.05) is 38.7 Å². The van der Waals surface area contributed by atoms with Crippen LogP contribution in [0.3, 0.4) is 0 Å². The predicted molar refractivity (Wildman–Crippen MR) is 123 cm³/mol. The van der Waals surface area contributed by atoms with Gasteiger partial charge in [0.15, 0.2) is 0 Å². The molecule has 0 aromatic heterocycles. The number of nitrogens with two attached hydrogens (primary N) is 1. The summed E-state index contributed by atoms with van der Waals surface area (Å²) in [7, 11) is 0.0431. The summed E-state index contributed by atoms with van der Waals surface area (Å²) in [5.41, 5.74) is 7.05. The van der Waals surface area contributed by atoms with Crippen molar-refractivity contribution < 1.29 is 23.3 Å². The molecule has 4 N–H and O–H groups in total. The minimum absolute atomic E-state index is 0.129. The summed E-state index contributed by atoms with van der Waals surface area (Å²) in [6.45, 7) is 1.95. The van der Waals surface area contributed by atoms with Gasteiger partial charge in [0.25, 0.3) is 5.91 Å². The third-order valence-electron chi connectivity index (χ3n) is 5.49. The first kappa shape index (κ1) is 23.7. The number of benzene rings is 2. The minimum atomic E-state index is -1.54. The lowest BCUT2D eigenvalue weighted by atomic mass is 9.98. The molecule has 9 heteroatoms. The quantitative estimate of drug-likeness (QED) is 0.468. The third-order valence-corrected chi connectivity index (χ3v) is 7.51. The van der Waals surface area contributed by atoms with Crippen LogP contribution in [0.25, 0.3) is 0 Å². The van der Waals surface area contributed by atoms with Gasteiger partial charge in [-0.05, 0) is 67.8 Å². The smallest absolute Gasteiger partial charge is 0.251 e. The van der Waals surface area contributed by atoms with Gasteiger partial charge in [-0.1, -0.05) is 0 Å². The van der Waals surface area contributed by atoms with Crippen LogP contribution in [0.5, 0.6) is 5.75 Å². The van der Waals surface area contributed by atoms with Crippen LogP contribution in [-0.2, 0) is 20.3 Å². The van der Waals surface area contributed by atoms with Crippen molar-refractivity contribution in [1.82, 2.24) is 5.32 Å². The molecule has 0 bridgehead atoms. The van der Waals surface area contributed by atoms with Gasteiger partial charge in [-0.25, -0.2) is 0 Å². The number of nitrogens with one attached hydrogen (secondary N) is 2. The van der Waals surface area contributed by atoms with Crippen LogP contribution < -0.4 is 21.1 Å². The maximum absolute atomic E-state index is 13.1. The number of amides is 2. The Balaban J connectivity index is 1.45. The van der Waals surface area contributed by atoms with E-state index in [0.29, 0.717) is 55.4 Å². The van der Waals surface area contributed by atoms with Crippen LogP contribution >= 0.6 is 0 Å². The molecule has 32 heavy (non-hydrogen) atoms. The van der Waals surface area contributed by atoms with Crippen LogP contribution in [-0.4, -0.2) is 54.2 Å². The van der Waals surface area contributed by atoms with Crippen molar-refractivity contribution in [3.05, 3.63) is 54.1 Å². The lowest BCUT2D eigenvalue weighted by Crippen LogP contribution is -2.51. The number of methoxy groups -OCH3 is 1. The van der Waals surface area contributed by atoms with Gasteiger partial charge >= 0.3 is 0 Å². The van der Waals surface area contributed by atoms with E-state index in [1.54, 1.807) is 43.5 Å². The number of hydrogen-bond donors (Lipinski definition) is 3. The molecule has 0 radical (unpaired) electrons. The molecular weight excluding hydrogens is 430 g/mol. The summed E-state index contributed by atoms with van der Waals surface area (Å²) >= 11 is 0. The average molecular weight is 460 g/mol. The zero-order chi connectivity index (χ0) is 23.0. The predicted octanol–water partition coefficient (Wildman–Crippen LogP) is 2.07. The molecule has 2 aromatic rings. The zero-order valence-electron chi connectivity index (χ0n) is 18.1. The van der Waals surface area contributed by atoms with Crippen molar-refractivity contribution in [3.8, 4) is 5.75 Å². The Morgan fingerprint density at radius 2 is 1.72 bits per heavy atom. The van der Waals surface area contributed by atoms with E-state index < -0.39 is 21.5 Å². The van der Waals surface area contributed by atoms with Crippen molar-refractivity contribution in [2.24, 2.45) is 5.73 Å². The van der Waals surface area contributed by atoms with Crippen molar-refractivity contribution >= 4 is 28.3 Å². The molecule has 0 saturated carbocycles. The number of ether oxygens (including phenoxy) is 2. The highest BCUT2D eigenvalue weighted by atomic mass is 32.2. The van der Waals surface area contributed by atoms with E-state index in [1.807, 2.05) is 12.1 Å². The molecule has 1 fully saturated rings. The van der Waals surface area contributed by atoms with Gasteiger partial charge in [0.05, 0.1) is 17.9 Å². The second-order valence-corrected chi connectivity index (χ2v) is 9.32. The van der Waals surface area contributed by atoms with Gasteiger partial charge in [-0.2, -0.15) is 0 Å². The molecule has 1 saturated heterocycles. The minimum Gasteiger partial charge on any atom is -0.497 e. The van der Waals surface area contributed by atoms with Crippen LogP contribution in [0.1, 0.15) is 29.6 Å². The SMILES string of the molecule is COc1ccc(C(=O)NCCCNc2ccc(S(=O)C3(C(N)=O)CCOCC3)cc2)cc1. The standard InChI is InChI=1S/C23H29N3O5S/c1-30-19-7-3-17(4-8-19)21(27)26-14-2-13-25-18-5-9-20(10-6-18)32(29)23(22(24)28)11-15-31-16-12-23/h3-10,25H,2,11-16H2,1H3,(H2,24,28)(H,26,27). The summed E-state index contributed by atoms with van der Waals surface area (Å²) in [5.74, 6) is 0.0344. The maximum atomic E-state index is 13.1. The molecule has 2 amide bonds. The Morgan fingerprint density at radius 3 is 2.31 bits per heavy atom. The molecule has 8 nitrogen and oxygen atoms in total. The van der Waals surface area contributed by atoms with Gasteiger partial charge < -0.3 is 25.8 Å². The molecule has 0 aliphatic carbocycles. The lowest BCUT2D eigenvalue weighted by molar-refractivity contribution is -0.122. The topological polar surface area (TPSA) is 120 Å². The first-order valence-electron chi connectivity index (χ1n) is 10.5. The first-order valence-corrected chi connectivity index (χ1v) is 11.7. The number of carbonyl (C=O) groups excluding carboxylic acids is 2. The largest absolute Gasteiger partial charge is 0.497 e. The number of rotatable bonds is 10. The van der Waals surface area contributed by atoms with Gasteiger partial charge in [0.1, 0.15) is 10.5 Å². The van der Waals surface area contributed by atoms with E-state index in [9.17, 15) is 13.8 Å². The Bertz CT molecular complexity index is 941. The van der Waals surface area contributed by atoms with Crippen LogP contribution in [0.2, 0.25) is 0 Å². The molecule has 1 unspecified atom stereocenters. The maximum Gasteiger partial charge on any atom is 0.251 e. The normalized spacial score (nSPS) is 16.0. The van der Waals surface area contributed by atoms with Crippen molar-refractivity contribution in [3.63, 3.8) is 0 Å². The number of carbonyl (C=O) groups is 2. The van der Waals surface area contributed by atoms with Crippen molar-refractivity contribution in [1.29, 1.82) is 0 Å². The van der Waals surface area contributed by atoms with E-state index in [1.165, 1.54) is 0 Å². The zero-order valence-corrected chi connectivity index (χ0v) is 18.9. The third kappa shape index (κ3) is 5.66. The second kappa shape index (κ2) is 11.1. The molecule has 1 atom stereocenters.